The molecule has 28 heavy (non-hydrogen) atoms. The number of carbonyl (C=O) groups excluding carboxylic acids is 3. The molecule has 1 N–H and O–H groups in total. The van der Waals surface area contributed by atoms with Gasteiger partial charge in [-0.15, -0.1) is 0 Å². The van der Waals surface area contributed by atoms with Crippen LogP contribution in [0.25, 0.3) is 5.69 Å². The van der Waals surface area contributed by atoms with Gasteiger partial charge in [-0.05, 0) is 38.3 Å². The predicted molar refractivity (Wildman–Crippen MR) is 100 cm³/mol. The first-order chi connectivity index (χ1) is 13.5. The normalized spacial score (nSPS) is 21.0. The van der Waals surface area contributed by atoms with Crippen molar-refractivity contribution in [2.45, 2.75) is 32.2 Å². The molecule has 8 heteroatoms. The molecular weight excluding hydrogens is 358 g/mol. The fourth-order valence-electron chi connectivity index (χ4n) is 4.35. The summed E-state index contributed by atoms with van der Waals surface area (Å²) in [5, 5.41) is 6.99. The van der Waals surface area contributed by atoms with Crippen molar-refractivity contribution in [2.75, 3.05) is 19.6 Å². The number of carbonyl (C=O) groups is 3. The van der Waals surface area contributed by atoms with Gasteiger partial charge < -0.3 is 9.80 Å². The average molecular weight is 379 g/mol. The summed E-state index contributed by atoms with van der Waals surface area (Å²) < 4.78 is 1.89. The highest BCUT2D eigenvalue weighted by Gasteiger charge is 2.44. The lowest BCUT2D eigenvalue weighted by molar-refractivity contribution is -0.122. The number of hydrogen-bond donors (Lipinski definition) is 1. The lowest BCUT2D eigenvalue weighted by Crippen LogP contribution is -2.54. The Labute approximate surface area is 162 Å². The Morgan fingerprint density at radius 1 is 1.14 bits per heavy atom. The third kappa shape index (κ3) is 2.51. The molecule has 1 aromatic heterocycles. The second-order valence-corrected chi connectivity index (χ2v) is 7.63. The maximum Gasteiger partial charge on any atom is 0.324 e. The summed E-state index contributed by atoms with van der Waals surface area (Å²) >= 11 is 0. The van der Waals surface area contributed by atoms with E-state index < -0.39 is 6.04 Å². The number of aryl methyl sites for hydroxylation is 1. The predicted octanol–water partition coefficient (Wildman–Crippen LogP) is 1.05. The van der Waals surface area contributed by atoms with Crippen LogP contribution in [0.2, 0.25) is 0 Å². The molecule has 1 atom stereocenters. The molecule has 4 amide bonds. The molecule has 3 heterocycles. The van der Waals surface area contributed by atoms with Gasteiger partial charge in [0.2, 0.25) is 0 Å². The Balaban J connectivity index is 1.46. The molecule has 0 spiro atoms. The summed E-state index contributed by atoms with van der Waals surface area (Å²) in [6.45, 7) is 3.01. The Morgan fingerprint density at radius 3 is 2.71 bits per heavy atom. The van der Waals surface area contributed by atoms with Gasteiger partial charge in [0.05, 0.1) is 12.2 Å². The minimum absolute atomic E-state index is 0.157. The molecular formula is C20H21N5O3. The Bertz CT molecular complexity index is 994. The van der Waals surface area contributed by atoms with Crippen molar-refractivity contribution in [1.82, 2.24) is 24.9 Å². The molecule has 3 aliphatic rings. The minimum Gasteiger partial charge on any atom is -0.333 e. The number of benzene rings is 1. The van der Waals surface area contributed by atoms with E-state index in [0.29, 0.717) is 18.8 Å². The van der Waals surface area contributed by atoms with E-state index in [9.17, 15) is 14.4 Å². The lowest BCUT2D eigenvalue weighted by Gasteiger charge is -2.35. The summed E-state index contributed by atoms with van der Waals surface area (Å²) in [6, 6.07) is 7.14. The Hall–Kier alpha value is -3.16. The Kier molecular flexibility index (Phi) is 3.75. The highest BCUT2D eigenvalue weighted by Crippen LogP contribution is 2.29. The van der Waals surface area contributed by atoms with E-state index in [-0.39, 0.29) is 24.4 Å². The summed E-state index contributed by atoms with van der Waals surface area (Å²) in [5.41, 5.74) is 4.71. The first-order valence-electron chi connectivity index (χ1n) is 9.61. The minimum atomic E-state index is -0.600. The first-order valence-corrected chi connectivity index (χ1v) is 9.61. The van der Waals surface area contributed by atoms with Crippen LogP contribution in [0.5, 0.6) is 0 Å². The van der Waals surface area contributed by atoms with Crippen LogP contribution in [-0.4, -0.2) is 63.1 Å². The molecule has 0 saturated carbocycles. The highest BCUT2D eigenvalue weighted by molar-refractivity contribution is 6.05. The van der Waals surface area contributed by atoms with Gasteiger partial charge in [0, 0.05) is 24.3 Å². The lowest BCUT2D eigenvalue weighted by atomic mass is 10.1. The fraction of sp³-hybridized carbons (Fsp3) is 0.400. The quantitative estimate of drug-likeness (QED) is 0.790. The SMILES string of the molecule is Cc1ccc(-n2nc(C(=O)N3CCN4C(=O)NC(=O)C4C3)c3c2CCC3)cc1. The van der Waals surface area contributed by atoms with E-state index in [1.54, 1.807) is 4.90 Å². The van der Waals surface area contributed by atoms with Gasteiger partial charge in [-0.2, -0.15) is 5.10 Å². The molecule has 0 bridgehead atoms. The van der Waals surface area contributed by atoms with Crippen molar-refractivity contribution in [3.63, 3.8) is 0 Å². The standard InChI is InChI=1S/C20H21N5O3/c1-12-5-7-13(8-6-12)25-15-4-2-3-14(15)17(22-25)19(27)23-9-10-24-16(11-23)18(26)21-20(24)28/h5-8,16H,2-4,9-11H2,1H3,(H,21,26,28). The van der Waals surface area contributed by atoms with Gasteiger partial charge in [0.15, 0.2) is 5.69 Å². The number of fused-ring (bicyclic) bond motifs is 2. The van der Waals surface area contributed by atoms with Crippen LogP contribution in [0.15, 0.2) is 24.3 Å². The fourth-order valence-corrected chi connectivity index (χ4v) is 4.35. The molecule has 5 rings (SSSR count). The van der Waals surface area contributed by atoms with E-state index in [2.05, 4.69) is 10.4 Å². The maximum absolute atomic E-state index is 13.2. The van der Waals surface area contributed by atoms with E-state index >= 15 is 0 Å². The van der Waals surface area contributed by atoms with Crippen LogP contribution < -0.4 is 5.32 Å². The summed E-state index contributed by atoms with van der Waals surface area (Å²) in [6.07, 6.45) is 2.74. The molecule has 1 unspecified atom stereocenters. The Morgan fingerprint density at radius 2 is 1.93 bits per heavy atom. The van der Waals surface area contributed by atoms with E-state index in [1.807, 2.05) is 35.9 Å². The smallest absolute Gasteiger partial charge is 0.324 e. The topological polar surface area (TPSA) is 87.5 Å². The zero-order valence-corrected chi connectivity index (χ0v) is 15.6. The monoisotopic (exact) mass is 379 g/mol. The summed E-state index contributed by atoms with van der Waals surface area (Å²) in [7, 11) is 0. The molecule has 0 radical (unpaired) electrons. The average Bonchev–Trinajstić information content (AvgIpc) is 3.37. The zero-order chi connectivity index (χ0) is 19.4. The molecule has 1 aromatic carbocycles. The van der Waals surface area contributed by atoms with Crippen LogP contribution in [0, 0.1) is 6.92 Å². The number of urea groups is 1. The van der Waals surface area contributed by atoms with Crippen LogP contribution in [0.1, 0.15) is 33.7 Å². The third-order valence-corrected chi connectivity index (χ3v) is 5.87. The molecule has 2 fully saturated rings. The van der Waals surface area contributed by atoms with Gasteiger partial charge in [0.1, 0.15) is 6.04 Å². The molecule has 1 aliphatic carbocycles. The van der Waals surface area contributed by atoms with Crippen LogP contribution >= 0.6 is 0 Å². The number of nitrogens with one attached hydrogen (secondary N) is 1. The van der Waals surface area contributed by atoms with Crippen molar-refractivity contribution in [1.29, 1.82) is 0 Å². The van der Waals surface area contributed by atoms with E-state index in [4.69, 9.17) is 0 Å². The molecule has 8 nitrogen and oxygen atoms in total. The van der Waals surface area contributed by atoms with Crippen LogP contribution in [-0.2, 0) is 17.6 Å². The van der Waals surface area contributed by atoms with Crippen LogP contribution in [0.3, 0.4) is 0 Å². The second kappa shape index (κ2) is 6.19. The van der Waals surface area contributed by atoms with Crippen molar-refractivity contribution in [3.8, 4) is 5.69 Å². The molecule has 2 saturated heterocycles. The van der Waals surface area contributed by atoms with Crippen molar-refractivity contribution < 1.29 is 14.4 Å². The van der Waals surface area contributed by atoms with Crippen molar-refractivity contribution >= 4 is 17.8 Å². The van der Waals surface area contributed by atoms with Crippen molar-refractivity contribution in [3.05, 3.63) is 46.8 Å². The summed E-state index contributed by atoms with van der Waals surface area (Å²) in [5.74, 6) is -0.492. The van der Waals surface area contributed by atoms with E-state index in [0.717, 1.165) is 36.2 Å². The number of aromatic nitrogens is 2. The number of nitrogens with zero attached hydrogens (tertiary/aromatic N) is 4. The summed E-state index contributed by atoms with van der Waals surface area (Å²) in [4.78, 5) is 40.2. The van der Waals surface area contributed by atoms with Gasteiger partial charge in [-0.1, -0.05) is 17.7 Å². The van der Waals surface area contributed by atoms with E-state index in [1.165, 1.54) is 10.5 Å². The number of amides is 4. The molecule has 2 aromatic rings. The third-order valence-electron chi connectivity index (χ3n) is 5.87. The van der Waals surface area contributed by atoms with Gasteiger partial charge in [-0.25, -0.2) is 9.48 Å². The van der Waals surface area contributed by atoms with Gasteiger partial charge in [-0.3, -0.25) is 14.9 Å². The number of hydrogen-bond acceptors (Lipinski definition) is 4. The largest absolute Gasteiger partial charge is 0.333 e. The highest BCUT2D eigenvalue weighted by atomic mass is 16.2. The number of piperazine rings is 1. The first kappa shape index (κ1) is 17.0. The second-order valence-electron chi connectivity index (χ2n) is 7.63. The number of rotatable bonds is 2. The zero-order valence-electron chi connectivity index (χ0n) is 15.6. The van der Waals surface area contributed by atoms with Crippen molar-refractivity contribution in [2.24, 2.45) is 0 Å². The molecule has 2 aliphatic heterocycles. The maximum atomic E-state index is 13.2. The van der Waals surface area contributed by atoms with Gasteiger partial charge in [0.25, 0.3) is 11.8 Å². The molecule has 144 valence electrons. The van der Waals surface area contributed by atoms with Crippen LogP contribution in [0.4, 0.5) is 4.79 Å². The number of imide groups is 1. The van der Waals surface area contributed by atoms with Gasteiger partial charge >= 0.3 is 6.03 Å².